The minimum absolute atomic E-state index is 0.0751. The number of aromatic nitrogens is 2. The molecule has 0 radical (unpaired) electrons. The first-order chi connectivity index (χ1) is 12.1. The van der Waals surface area contributed by atoms with Crippen LogP contribution < -0.4 is 0 Å². The van der Waals surface area contributed by atoms with Crippen LogP contribution in [0.2, 0.25) is 0 Å². The molecule has 0 bridgehead atoms. The molecule has 5 heteroatoms. The van der Waals surface area contributed by atoms with Gasteiger partial charge < -0.3 is 4.90 Å². The fourth-order valence-corrected chi connectivity index (χ4v) is 3.63. The number of nitrogens with zero attached hydrogens (tertiary/aromatic N) is 3. The van der Waals surface area contributed by atoms with E-state index in [0.29, 0.717) is 19.6 Å². The molecule has 130 valence electrons. The normalized spacial score (nSPS) is 10.8. The average Bonchev–Trinajstić information content (AvgIpc) is 3.22. The molecule has 0 aliphatic carbocycles. The molecule has 25 heavy (non-hydrogen) atoms. The van der Waals surface area contributed by atoms with Crippen LogP contribution in [0.3, 0.4) is 0 Å². The lowest BCUT2D eigenvalue weighted by Gasteiger charge is -2.20. The maximum Gasteiger partial charge on any atom is 0.254 e. The Morgan fingerprint density at radius 1 is 1.20 bits per heavy atom. The minimum atomic E-state index is 0.0751. The van der Waals surface area contributed by atoms with Crippen LogP contribution in [0, 0.1) is 13.8 Å². The molecule has 3 aromatic rings. The van der Waals surface area contributed by atoms with Gasteiger partial charge in [0, 0.05) is 22.7 Å². The molecule has 1 amide bonds. The van der Waals surface area contributed by atoms with Crippen molar-refractivity contribution < 1.29 is 4.79 Å². The summed E-state index contributed by atoms with van der Waals surface area (Å²) in [5, 5.41) is 6.55. The first-order valence-corrected chi connectivity index (χ1v) is 9.36. The molecule has 2 heterocycles. The Morgan fingerprint density at radius 2 is 2.04 bits per heavy atom. The quantitative estimate of drug-likeness (QED) is 0.664. The number of hydrogen-bond donors (Lipinski definition) is 0. The number of carbonyl (C=O) groups is 1. The Morgan fingerprint density at radius 3 is 2.68 bits per heavy atom. The summed E-state index contributed by atoms with van der Waals surface area (Å²) >= 11 is 1.68. The summed E-state index contributed by atoms with van der Waals surface area (Å²) in [6, 6.07) is 14.0. The Labute approximate surface area is 152 Å². The zero-order valence-corrected chi connectivity index (χ0v) is 15.7. The minimum Gasteiger partial charge on any atom is -0.334 e. The van der Waals surface area contributed by atoms with Crippen LogP contribution >= 0.6 is 11.3 Å². The van der Waals surface area contributed by atoms with E-state index >= 15 is 0 Å². The molecule has 0 unspecified atom stereocenters. The molecule has 0 saturated heterocycles. The van der Waals surface area contributed by atoms with E-state index in [1.165, 1.54) is 4.88 Å². The monoisotopic (exact) mass is 353 g/mol. The van der Waals surface area contributed by atoms with Crippen LogP contribution in [0.1, 0.15) is 39.1 Å². The Bertz CT molecular complexity index is 852. The molecule has 0 atom stereocenters. The van der Waals surface area contributed by atoms with Crippen molar-refractivity contribution in [3.8, 4) is 0 Å². The molecular formula is C20H23N3OS. The molecular weight excluding hydrogens is 330 g/mol. The first-order valence-electron chi connectivity index (χ1n) is 8.48. The highest BCUT2D eigenvalue weighted by molar-refractivity contribution is 7.09. The second-order valence-electron chi connectivity index (χ2n) is 6.18. The van der Waals surface area contributed by atoms with E-state index in [1.807, 2.05) is 59.1 Å². The van der Waals surface area contributed by atoms with Crippen molar-refractivity contribution in [2.75, 3.05) is 6.54 Å². The molecule has 0 N–H and O–H groups in total. The Kier molecular flexibility index (Phi) is 5.34. The van der Waals surface area contributed by atoms with Crippen molar-refractivity contribution >= 4 is 17.2 Å². The molecule has 4 nitrogen and oxygen atoms in total. The molecule has 0 aliphatic heterocycles. The molecule has 0 aliphatic rings. The van der Waals surface area contributed by atoms with Gasteiger partial charge in [-0.3, -0.25) is 9.48 Å². The van der Waals surface area contributed by atoms with Crippen molar-refractivity contribution in [1.82, 2.24) is 14.7 Å². The fraction of sp³-hybridized carbons (Fsp3) is 0.300. The van der Waals surface area contributed by atoms with Gasteiger partial charge in [-0.25, -0.2) is 0 Å². The van der Waals surface area contributed by atoms with Crippen LogP contribution in [0.5, 0.6) is 0 Å². The van der Waals surface area contributed by atoms with E-state index in [0.717, 1.165) is 22.5 Å². The number of thiophene rings is 1. The van der Waals surface area contributed by atoms with Gasteiger partial charge in [-0.15, -0.1) is 11.3 Å². The number of amides is 1. The van der Waals surface area contributed by atoms with Gasteiger partial charge in [0.25, 0.3) is 5.91 Å². The maximum atomic E-state index is 12.9. The van der Waals surface area contributed by atoms with Crippen molar-refractivity contribution in [3.63, 3.8) is 0 Å². The summed E-state index contributed by atoms with van der Waals surface area (Å²) in [4.78, 5) is 16.0. The van der Waals surface area contributed by atoms with Gasteiger partial charge in [0.05, 0.1) is 18.8 Å². The summed E-state index contributed by atoms with van der Waals surface area (Å²) in [5.41, 5.74) is 3.96. The lowest BCUT2D eigenvalue weighted by molar-refractivity contribution is 0.0754. The summed E-state index contributed by atoms with van der Waals surface area (Å²) < 4.78 is 1.97. The highest BCUT2D eigenvalue weighted by Crippen LogP contribution is 2.16. The molecule has 1 aromatic carbocycles. The van der Waals surface area contributed by atoms with E-state index < -0.39 is 0 Å². The maximum absolute atomic E-state index is 12.9. The van der Waals surface area contributed by atoms with Gasteiger partial charge in [-0.2, -0.15) is 5.10 Å². The third kappa shape index (κ3) is 4.17. The zero-order valence-electron chi connectivity index (χ0n) is 14.9. The smallest absolute Gasteiger partial charge is 0.254 e. The Hall–Kier alpha value is -2.40. The summed E-state index contributed by atoms with van der Waals surface area (Å²) in [5.74, 6) is 0.0751. The lowest BCUT2D eigenvalue weighted by Crippen LogP contribution is -2.30. The van der Waals surface area contributed by atoms with Gasteiger partial charge in [0.2, 0.25) is 0 Å². The lowest BCUT2D eigenvalue weighted by atomic mass is 10.1. The van der Waals surface area contributed by atoms with Gasteiger partial charge in [0.1, 0.15) is 0 Å². The van der Waals surface area contributed by atoms with E-state index in [2.05, 4.69) is 24.2 Å². The van der Waals surface area contributed by atoms with E-state index in [4.69, 9.17) is 0 Å². The van der Waals surface area contributed by atoms with Crippen molar-refractivity contribution in [2.24, 2.45) is 0 Å². The van der Waals surface area contributed by atoms with Crippen LogP contribution in [0.25, 0.3) is 0 Å². The SMILES string of the molecule is CCN(Cc1cccs1)C(=O)c1cccc(Cn2nc(C)cc2C)c1. The first kappa shape index (κ1) is 17.4. The highest BCUT2D eigenvalue weighted by atomic mass is 32.1. The van der Waals surface area contributed by atoms with Gasteiger partial charge >= 0.3 is 0 Å². The van der Waals surface area contributed by atoms with Crippen molar-refractivity contribution in [3.05, 3.63) is 75.2 Å². The van der Waals surface area contributed by atoms with E-state index in [9.17, 15) is 4.79 Å². The topological polar surface area (TPSA) is 38.1 Å². The van der Waals surface area contributed by atoms with Crippen LogP contribution in [0.4, 0.5) is 0 Å². The Balaban J connectivity index is 1.77. The summed E-state index contributed by atoms with van der Waals surface area (Å²) in [7, 11) is 0. The van der Waals surface area contributed by atoms with Gasteiger partial charge in [-0.1, -0.05) is 18.2 Å². The third-order valence-electron chi connectivity index (χ3n) is 4.21. The average molecular weight is 353 g/mol. The predicted octanol–water partition coefficient (Wildman–Crippen LogP) is 4.27. The number of benzene rings is 1. The van der Waals surface area contributed by atoms with Crippen molar-refractivity contribution in [2.45, 2.75) is 33.9 Å². The van der Waals surface area contributed by atoms with Gasteiger partial charge in [-0.05, 0) is 56.0 Å². The molecule has 0 spiro atoms. The van der Waals surface area contributed by atoms with Crippen molar-refractivity contribution in [1.29, 1.82) is 0 Å². The van der Waals surface area contributed by atoms with Gasteiger partial charge in [0.15, 0.2) is 0 Å². The number of carbonyl (C=O) groups excluding carboxylic acids is 1. The highest BCUT2D eigenvalue weighted by Gasteiger charge is 2.15. The van der Waals surface area contributed by atoms with Crippen LogP contribution in [-0.4, -0.2) is 27.1 Å². The molecule has 3 rings (SSSR count). The van der Waals surface area contributed by atoms with E-state index in [-0.39, 0.29) is 5.91 Å². The number of rotatable bonds is 6. The number of aryl methyl sites for hydroxylation is 2. The summed E-state index contributed by atoms with van der Waals surface area (Å²) in [6.45, 7) is 8.10. The van der Waals surface area contributed by atoms with Crippen LogP contribution in [0.15, 0.2) is 47.8 Å². The second-order valence-corrected chi connectivity index (χ2v) is 7.22. The van der Waals surface area contributed by atoms with Crippen LogP contribution in [-0.2, 0) is 13.1 Å². The number of hydrogen-bond acceptors (Lipinski definition) is 3. The predicted molar refractivity (Wildman–Crippen MR) is 102 cm³/mol. The molecule has 2 aromatic heterocycles. The molecule has 0 fully saturated rings. The summed E-state index contributed by atoms with van der Waals surface area (Å²) in [6.07, 6.45) is 0. The standard InChI is InChI=1S/C20H23N3OS/c1-4-22(14-19-9-6-10-25-19)20(24)18-8-5-7-17(12-18)13-23-16(3)11-15(2)21-23/h5-12H,4,13-14H2,1-3H3. The van der Waals surface area contributed by atoms with E-state index in [1.54, 1.807) is 11.3 Å². The fourth-order valence-electron chi connectivity index (χ4n) is 2.91. The second kappa shape index (κ2) is 7.66. The molecule has 0 saturated carbocycles. The zero-order chi connectivity index (χ0) is 17.8. The largest absolute Gasteiger partial charge is 0.334 e. The third-order valence-corrected chi connectivity index (χ3v) is 5.07.